The van der Waals surface area contributed by atoms with Crippen LogP contribution in [0.3, 0.4) is 0 Å². The zero-order chi connectivity index (χ0) is 20.4. The van der Waals surface area contributed by atoms with Crippen molar-refractivity contribution in [1.29, 1.82) is 0 Å². The van der Waals surface area contributed by atoms with Gasteiger partial charge in [0, 0.05) is 17.7 Å². The van der Waals surface area contributed by atoms with Crippen molar-refractivity contribution in [3.05, 3.63) is 95.8 Å². The van der Waals surface area contributed by atoms with Gasteiger partial charge >= 0.3 is 0 Å². The van der Waals surface area contributed by atoms with Crippen molar-refractivity contribution in [3.63, 3.8) is 0 Å². The molecule has 1 N–H and O–H groups in total. The molecule has 0 radical (unpaired) electrons. The summed E-state index contributed by atoms with van der Waals surface area (Å²) in [7, 11) is 0. The second-order valence-corrected chi connectivity index (χ2v) is 7.16. The number of anilines is 1. The Labute approximate surface area is 168 Å². The number of hydrogen-bond acceptors (Lipinski definition) is 3. The molecular formula is C24H20FNO3. The van der Waals surface area contributed by atoms with Crippen molar-refractivity contribution in [2.45, 2.75) is 18.9 Å². The highest BCUT2D eigenvalue weighted by atomic mass is 19.1. The van der Waals surface area contributed by atoms with Crippen LogP contribution in [0.15, 0.2) is 78.9 Å². The topological polar surface area (TPSA) is 57.6 Å². The minimum Gasteiger partial charge on any atom is -0.508 e. The third-order valence-electron chi connectivity index (χ3n) is 5.33. The highest BCUT2D eigenvalue weighted by Crippen LogP contribution is 2.45. The van der Waals surface area contributed by atoms with Crippen LogP contribution in [0.5, 0.6) is 5.75 Å². The normalized spacial score (nSPS) is 18.4. The predicted molar refractivity (Wildman–Crippen MR) is 108 cm³/mol. The number of amides is 1. The maximum atomic E-state index is 13.3. The molecular weight excluding hydrogens is 369 g/mol. The van der Waals surface area contributed by atoms with Gasteiger partial charge in [0.15, 0.2) is 5.78 Å². The highest BCUT2D eigenvalue weighted by molar-refractivity contribution is 6.04. The summed E-state index contributed by atoms with van der Waals surface area (Å²) in [5.74, 6) is -0.660. The van der Waals surface area contributed by atoms with Gasteiger partial charge in [-0.05, 0) is 48.4 Å². The third-order valence-corrected chi connectivity index (χ3v) is 5.33. The Morgan fingerprint density at radius 2 is 1.59 bits per heavy atom. The number of carbonyl (C=O) groups is 2. The molecule has 1 amide bonds. The minimum atomic E-state index is -0.368. The number of β-lactam (4-membered cyclic amide) rings is 1. The summed E-state index contributed by atoms with van der Waals surface area (Å²) < 4.78 is 13.3. The predicted octanol–water partition coefficient (Wildman–Crippen LogP) is 4.90. The number of halogens is 1. The van der Waals surface area contributed by atoms with Crippen LogP contribution < -0.4 is 4.90 Å². The van der Waals surface area contributed by atoms with Gasteiger partial charge in [0.1, 0.15) is 11.6 Å². The Morgan fingerprint density at radius 3 is 2.24 bits per heavy atom. The van der Waals surface area contributed by atoms with E-state index in [0.29, 0.717) is 17.7 Å². The van der Waals surface area contributed by atoms with Crippen LogP contribution in [-0.4, -0.2) is 16.8 Å². The van der Waals surface area contributed by atoms with E-state index in [2.05, 4.69) is 0 Å². The Hall–Kier alpha value is -3.47. The summed E-state index contributed by atoms with van der Waals surface area (Å²) in [4.78, 5) is 27.0. The molecule has 0 aliphatic carbocycles. The van der Waals surface area contributed by atoms with Crippen LogP contribution in [0.1, 0.15) is 34.8 Å². The van der Waals surface area contributed by atoms with E-state index in [1.54, 1.807) is 53.4 Å². The zero-order valence-electron chi connectivity index (χ0n) is 15.7. The van der Waals surface area contributed by atoms with Crippen molar-refractivity contribution in [1.82, 2.24) is 0 Å². The van der Waals surface area contributed by atoms with E-state index in [-0.39, 0.29) is 41.6 Å². The molecule has 4 nitrogen and oxygen atoms in total. The fraction of sp³-hybridized carbons (Fsp3) is 0.167. The minimum absolute atomic E-state index is 0.00286. The first kappa shape index (κ1) is 18.9. The van der Waals surface area contributed by atoms with E-state index >= 15 is 0 Å². The summed E-state index contributed by atoms with van der Waals surface area (Å²) in [5, 5.41) is 9.60. The van der Waals surface area contributed by atoms with Crippen LogP contribution in [0.4, 0.5) is 10.1 Å². The number of rotatable bonds is 6. The van der Waals surface area contributed by atoms with Gasteiger partial charge in [-0.3, -0.25) is 9.59 Å². The highest BCUT2D eigenvalue weighted by Gasteiger charge is 2.48. The molecule has 1 heterocycles. The Morgan fingerprint density at radius 1 is 0.931 bits per heavy atom. The monoisotopic (exact) mass is 389 g/mol. The van der Waals surface area contributed by atoms with Crippen LogP contribution in [0.25, 0.3) is 0 Å². The van der Waals surface area contributed by atoms with E-state index in [4.69, 9.17) is 0 Å². The molecule has 0 bridgehead atoms. The van der Waals surface area contributed by atoms with Crippen LogP contribution in [0, 0.1) is 11.7 Å². The lowest BCUT2D eigenvalue weighted by Gasteiger charge is -2.47. The van der Waals surface area contributed by atoms with Crippen molar-refractivity contribution in [2.75, 3.05) is 4.90 Å². The molecule has 29 heavy (non-hydrogen) atoms. The Bertz CT molecular complexity index is 1020. The molecule has 0 aromatic heterocycles. The second kappa shape index (κ2) is 7.87. The number of phenolic OH excluding ortho intramolecular Hbond substituents is 1. The van der Waals surface area contributed by atoms with E-state index in [9.17, 15) is 19.1 Å². The van der Waals surface area contributed by atoms with Gasteiger partial charge in [-0.15, -0.1) is 0 Å². The molecule has 0 spiro atoms. The lowest BCUT2D eigenvalue weighted by molar-refractivity contribution is -0.130. The Kier molecular flexibility index (Phi) is 5.12. The maximum Gasteiger partial charge on any atom is 0.233 e. The van der Waals surface area contributed by atoms with Crippen LogP contribution >= 0.6 is 0 Å². The molecule has 1 unspecified atom stereocenters. The number of nitrogens with zero attached hydrogens (tertiary/aromatic N) is 1. The van der Waals surface area contributed by atoms with Crippen LogP contribution in [0.2, 0.25) is 0 Å². The SMILES string of the molecule is O=C(CC[C@H]1C(=O)N(c2ccc(F)cc2)C1c1ccc(O)cc1)c1ccccc1. The number of phenols is 1. The van der Waals surface area contributed by atoms with Crippen molar-refractivity contribution >= 4 is 17.4 Å². The molecule has 1 aliphatic heterocycles. The van der Waals surface area contributed by atoms with E-state index in [1.165, 1.54) is 12.1 Å². The molecule has 1 fully saturated rings. The molecule has 146 valence electrons. The van der Waals surface area contributed by atoms with Gasteiger partial charge < -0.3 is 10.0 Å². The second-order valence-electron chi connectivity index (χ2n) is 7.16. The summed E-state index contributed by atoms with van der Waals surface area (Å²) >= 11 is 0. The molecule has 3 aromatic rings. The number of hydrogen-bond donors (Lipinski definition) is 1. The Balaban J connectivity index is 1.57. The van der Waals surface area contributed by atoms with E-state index < -0.39 is 0 Å². The lowest BCUT2D eigenvalue weighted by atomic mass is 9.78. The summed E-state index contributed by atoms with van der Waals surface area (Å²) in [6.45, 7) is 0. The van der Waals surface area contributed by atoms with Crippen molar-refractivity contribution in [2.24, 2.45) is 5.92 Å². The fourth-order valence-electron chi connectivity index (χ4n) is 3.83. The van der Waals surface area contributed by atoms with Gasteiger partial charge in [0.2, 0.25) is 5.91 Å². The molecule has 5 heteroatoms. The van der Waals surface area contributed by atoms with E-state index in [0.717, 1.165) is 5.56 Å². The molecule has 0 saturated carbocycles. The van der Waals surface area contributed by atoms with Crippen molar-refractivity contribution < 1.29 is 19.1 Å². The largest absolute Gasteiger partial charge is 0.508 e. The summed E-state index contributed by atoms with van der Waals surface area (Å²) in [5.41, 5.74) is 2.11. The quantitative estimate of drug-likeness (QED) is 0.482. The first-order valence-corrected chi connectivity index (χ1v) is 9.50. The number of carbonyl (C=O) groups excluding carboxylic acids is 2. The van der Waals surface area contributed by atoms with Gasteiger partial charge in [0.25, 0.3) is 0 Å². The fourth-order valence-corrected chi connectivity index (χ4v) is 3.83. The van der Waals surface area contributed by atoms with Gasteiger partial charge in [-0.2, -0.15) is 0 Å². The zero-order valence-corrected chi connectivity index (χ0v) is 15.7. The number of aromatic hydroxyl groups is 1. The third kappa shape index (κ3) is 3.76. The summed E-state index contributed by atoms with van der Waals surface area (Å²) in [6, 6.07) is 21.3. The number of Topliss-reactive ketones (excluding diaryl/α,β-unsaturated/α-hetero) is 1. The molecule has 1 aliphatic rings. The average Bonchev–Trinajstić information content (AvgIpc) is 2.74. The summed E-state index contributed by atoms with van der Waals surface area (Å²) in [6.07, 6.45) is 0.696. The van der Waals surface area contributed by atoms with E-state index in [1.807, 2.05) is 18.2 Å². The standard InChI is InChI=1S/C24H20FNO3/c25-18-8-10-19(11-9-18)26-23(17-6-12-20(27)13-7-17)21(24(26)29)14-15-22(28)16-4-2-1-3-5-16/h1-13,21,23,27H,14-15H2/t21-,23?/m1/s1. The number of ketones is 1. The smallest absolute Gasteiger partial charge is 0.233 e. The maximum absolute atomic E-state index is 13.3. The molecule has 2 atom stereocenters. The van der Waals surface area contributed by atoms with Gasteiger partial charge in [0.05, 0.1) is 12.0 Å². The van der Waals surface area contributed by atoms with Gasteiger partial charge in [-0.25, -0.2) is 4.39 Å². The average molecular weight is 389 g/mol. The number of benzene rings is 3. The lowest BCUT2D eigenvalue weighted by Crippen LogP contribution is -2.55. The molecule has 4 rings (SSSR count). The van der Waals surface area contributed by atoms with Gasteiger partial charge in [-0.1, -0.05) is 42.5 Å². The first-order chi connectivity index (χ1) is 14.0. The van der Waals surface area contributed by atoms with Crippen molar-refractivity contribution in [3.8, 4) is 5.75 Å². The first-order valence-electron chi connectivity index (χ1n) is 9.50. The molecule has 1 saturated heterocycles. The molecule has 3 aromatic carbocycles. The van der Waals surface area contributed by atoms with Crippen LogP contribution in [-0.2, 0) is 4.79 Å².